The molecule has 2 fully saturated rings. The minimum absolute atomic E-state index is 0.217. The molecule has 0 bridgehead atoms. The Bertz CT molecular complexity index is 185. The smallest absolute Gasteiger partial charge is 0.150 e. The fraction of sp³-hybridized carbons (Fsp3) is 0.909. The molecule has 0 radical (unpaired) electrons. The maximum atomic E-state index is 11.6. The van der Waals surface area contributed by atoms with Crippen molar-refractivity contribution in [2.75, 3.05) is 6.54 Å². The molecule has 2 heteroatoms. The van der Waals surface area contributed by atoms with Crippen LogP contribution in [-0.2, 0) is 4.79 Å². The summed E-state index contributed by atoms with van der Waals surface area (Å²) in [4.78, 5) is 11.6. The minimum atomic E-state index is 0.217. The van der Waals surface area contributed by atoms with Crippen LogP contribution in [0.2, 0.25) is 0 Å². The normalized spacial score (nSPS) is 32.0. The van der Waals surface area contributed by atoms with Crippen LogP contribution in [0.1, 0.15) is 44.9 Å². The first-order chi connectivity index (χ1) is 6.38. The second-order valence-corrected chi connectivity index (χ2v) is 4.40. The lowest BCUT2D eigenvalue weighted by Gasteiger charge is -2.32. The molecule has 1 saturated carbocycles. The zero-order chi connectivity index (χ0) is 9.10. The first-order valence-corrected chi connectivity index (χ1v) is 5.64. The number of carbonyl (C=O) groups excluding carboxylic acids is 1. The molecular formula is C11H19NO. The van der Waals surface area contributed by atoms with Crippen LogP contribution >= 0.6 is 0 Å². The predicted molar refractivity (Wildman–Crippen MR) is 52.6 cm³/mol. The summed E-state index contributed by atoms with van der Waals surface area (Å²) in [5.41, 5.74) is 0. The maximum absolute atomic E-state index is 11.6. The van der Waals surface area contributed by atoms with Gasteiger partial charge in [-0.1, -0.05) is 19.3 Å². The van der Waals surface area contributed by atoms with Crippen LogP contribution in [0.4, 0.5) is 0 Å². The third kappa shape index (κ3) is 2.11. The Kier molecular flexibility index (Phi) is 2.99. The van der Waals surface area contributed by atoms with Crippen molar-refractivity contribution in [2.45, 2.75) is 51.0 Å². The van der Waals surface area contributed by atoms with Crippen LogP contribution in [0.5, 0.6) is 0 Å². The lowest BCUT2D eigenvalue weighted by atomic mass is 9.80. The van der Waals surface area contributed by atoms with E-state index in [-0.39, 0.29) is 6.04 Å². The molecule has 1 unspecified atom stereocenters. The molecule has 1 atom stereocenters. The molecule has 13 heavy (non-hydrogen) atoms. The van der Waals surface area contributed by atoms with Crippen molar-refractivity contribution in [1.29, 1.82) is 0 Å². The number of ketones is 1. The van der Waals surface area contributed by atoms with E-state index in [4.69, 9.17) is 0 Å². The highest BCUT2D eigenvalue weighted by Crippen LogP contribution is 2.28. The van der Waals surface area contributed by atoms with Gasteiger partial charge in [-0.05, 0) is 31.7 Å². The van der Waals surface area contributed by atoms with E-state index in [1.807, 2.05) is 0 Å². The minimum Gasteiger partial charge on any atom is -0.307 e. The molecule has 0 aromatic heterocycles. The number of carbonyl (C=O) groups is 1. The Labute approximate surface area is 80.1 Å². The quantitative estimate of drug-likeness (QED) is 0.669. The highest BCUT2D eigenvalue weighted by Gasteiger charge is 2.30. The SMILES string of the molecule is O=C1CCCNC1C1CCCCC1. The van der Waals surface area contributed by atoms with Crippen molar-refractivity contribution < 1.29 is 4.79 Å². The molecule has 0 aromatic rings. The number of hydrogen-bond acceptors (Lipinski definition) is 2. The fourth-order valence-electron chi connectivity index (χ4n) is 2.69. The summed E-state index contributed by atoms with van der Waals surface area (Å²) < 4.78 is 0. The summed E-state index contributed by atoms with van der Waals surface area (Å²) in [6.45, 7) is 1.05. The summed E-state index contributed by atoms with van der Waals surface area (Å²) in [6, 6.07) is 0.217. The number of rotatable bonds is 1. The summed E-state index contributed by atoms with van der Waals surface area (Å²) in [6.07, 6.45) is 8.42. The molecule has 2 rings (SSSR count). The van der Waals surface area contributed by atoms with Crippen molar-refractivity contribution in [3.05, 3.63) is 0 Å². The van der Waals surface area contributed by atoms with Crippen LogP contribution in [0, 0.1) is 5.92 Å². The van der Waals surface area contributed by atoms with E-state index in [0.29, 0.717) is 11.7 Å². The Hall–Kier alpha value is -0.370. The second kappa shape index (κ2) is 4.23. The van der Waals surface area contributed by atoms with Gasteiger partial charge in [0.05, 0.1) is 6.04 Å². The van der Waals surface area contributed by atoms with Crippen molar-refractivity contribution in [1.82, 2.24) is 5.32 Å². The van der Waals surface area contributed by atoms with Crippen LogP contribution in [0.3, 0.4) is 0 Å². The summed E-state index contributed by atoms with van der Waals surface area (Å²) in [5, 5.41) is 3.39. The molecule has 2 nitrogen and oxygen atoms in total. The first kappa shape index (κ1) is 9.20. The average Bonchev–Trinajstić information content (AvgIpc) is 2.20. The van der Waals surface area contributed by atoms with E-state index < -0.39 is 0 Å². The topological polar surface area (TPSA) is 29.1 Å². The second-order valence-electron chi connectivity index (χ2n) is 4.40. The lowest BCUT2D eigenvalue weighted by Crippen LogP contribution is -2.47. The van der Waals surface area contributed by atoms with Gasteiger partial charge in [-0.3, -0.25) is 4.79 Å². The molecule has 0 amide bonds. The third-order valence-corrected chi connectivity index (χ3v) is 3.43. The average molecular weight is 181 g/mol. The van der Waals surface area contributed by atoms with E-state index in [0.717, 1.165) is 19.4 Å². The van der Waals surface area contributed by atoms with Crippen LogP contribution in [-0.4, -0.2) is 18.4 Å². The highest BCUT2D eigenvalue weighted by molar-refractivity contribution is 5.85. The summed E-state index contributed by atoms with van der Waals surface area (Å²) >= 11 is 0. The van der Waals surface area contributed by atoms with Gasteiger partial charge in [0.25, 0.3) is 0 Å². The standard InChI is InChI=1S/C11H19NO/c13-10-7-4-8-12-11(10)9-5-2-1-3-6-9/h9,11-12H,1-8H2. The third-order valence-electron chi connectivity index (χ3n) is 3.43. The van der Waals surface area contributed by atoms with E-state index in [1.165, 1.54) is 32.1 Å². The van der Waals surface area contributed by atoms with Crippen LogP contribution < -0.4 is 5.32 Å². The number of nitrogens with one attached hydrogen (secondary N) is 1. The van der Waals surface area contributed by atoms with Gasteiger partial charge in [0.15, 0.2) is 0 Å². The Morgan fingerprint density at radius 2 is 1.85 bits per heavy atom. The maximum Gasteiger partial charge on any atom is 0.150 e. The van der Waals surface area contributed by atoms with E-state index in [1.54, 1.807) is 0 Å². The van der Waals surface area contributed by atoms with Gasteiger partial charge in [-0.25, -0.2) is 0 Å². The van der Waals surface area contributed by atoms with Crippen LogP contribution in [0.25, 0.3) is 0 Å². The summed E-state index contributed by atoms with van der Waals surface area (Å²) in [7, 11) is 0. The molecule has 74 valence electrons. The van der Waals surface area contributed by atoms with Gasteiger partial charge in [0.2, 0.25) is 0 Å². The molecule has 1 aliphatic heterocycles. The molecule has 1 N–H and O–H groups in total. The van der Waals surface area contributed by atoms with Crippen LogP contribution in [0.15, 0.2) is 0 Å². The molecule has 0 spiro atoms. The molecule has 1 heterocycles. The monoisotopic (exact) mass is 181 g/mol. The van der Waals surface area contributed by atoms with Crippen molar-refractivity contribution in [2.24, 2.45) is 5.92 Å². The Morgan fingerprint density at radius 3 is 2.54 bits per heavy atom. The molecule has 1 aliphatic carbocycles. The lowest BCUT2D eigenvalue weighted by molar-refractivity contribution is -0.124. The van der Waals surface area contributed by atoms with Gasteiger partial charge in [-0.2, -0.15) is 0 Å². The van der Waals surface area contributed by atoms with Gasteiger partial charge in [-0.15, -0.1) is 0 Å². The van der Waals surface area contributed by atoms with Gasteiger partial charge in [0.1, 0.15) is 5.78 Å². The van der Waals surface area contributed by atoms with E-state index in [9.17, 15) is 4.79 Å². The number of hydrogen-bond donors (Lipinski definition) is 1. The largest absolute Gasteiger partial charge is 0.307 e. The molecule has 2 aliphatic rings. The zero-order valence-corrected chi connectivity index (χ0v) is 8.22. The van der Waals surface area contributed by atoms with E-state index in [2.05, 4.69) is 5.32 Å². The number of Topliss-reactive ketones (excluding diaryl/α,β-unsaturated/α-hetero) is 1. The van der Waals surface area contributed by atoms with Gasteiger partial charge < -0.3 is 5.32 Å². The molecule has 1 saturated heterocycles. The van der Waals surface area contributed by atoms with Crippen molar-refractivity contribution in [3.63, 3.8) is 0 Å². The Morgan fingerprint density at radius 1 is 1.08 bits per heavy atom. The van der Waals surface area contributed by atoms with Crippen molar-refractivity contribution in [3.8, 4) is 0 Å². The Balaban J connectivity index is 1.92. The van der Waals surface area contributed by atoms with Gasteiger partial charge >= 0.3 is 0 Å². The zero-order valence-electron chi connectivity index (χ0n) is 8.22. The van der Waals surface area contributed by atoms with Crippen molar-refractivity contribution >= 4 is 5.78 Å². The highest BCUT2D eigenvalue weighted by atomic mass is 16.1. The predicted octanol–water partition coefficient (Wildman–Crippen LogP) is 1.89. The number of piperidine rings is 1. The first-order valence-electron chi connectivity index (χ1n) is 5.64. The fourth-order valence-corrected chi connectivity index (χ4v) is 2.69. The molecule has 0 aromatic carbocycles. The van der Waals surface area contributed by atoms with E-state index >= 15 is 0 Å². The summed E-state index contributed by atoms with van der Waals surface area (Å²) in [5.74, 6) is 1.12. The van der Waals surface area contributed by atoms with Gasteiger partial charge in [0, 0.05) is 6.42 Å². The molecular weight excluding hydrogens is 162 g/mol.